The van der Waals surface area contributed by atoms with Gasteiger partial charge in [-0.25, -0.2) is 4.98 Å². The summed E-state index contributed by atoms with van der Waals surface area (Å²) in [6.07, 6.45) is 5.60. The van der Waals surface area contributed by atoms with Crippen molar-refractivity contribution in [2.75, 3.05) is 13.2 Å². The molecule has 49 heavy (non-hydrogen) atoms. The number of likely N-dealkylation sites (tertiary alicyclic amines) is 1. The molecule has 0 spiro atoms. The van der Waals surface area contributed by atoms with Crippen LogP contribution in [0.25, 0.3) is 10.9 Å². The van der Waals surface area contributed by atoms with Gasteiger partial charge in [-0.1, -0.05) is 116 Å². The van der Waals surface area contributed by atoms with Gasteiger partial charge in [0, 0.05) is 35.3 Å². The highest BCUT2D eigenvalue weighted by atomic mass is 16.3. The zero-order chi connectivity index (χ0) is 34.0. The number of carbonyl (C=O) groups excluding carboxylic acids is 1. The normalized spacial score (nSPS) is 16.2. The molecule has 3 heterocycles. The molecule has 0 saturated carbocycles. The number of aliphatic hydroxyl groups excluding tert-OH is 1. The van der Waals surface area contributed by atoms with Gasteiger partial charge in [-0.15, -0.1) is 0 Å². The second-order valence-electron chi connectivity index (χ2n) is 13.9. The topological polar surface area (TPSA) is 74.2 Å². The molecule has 1 aliphatic rings. The molecule has 0 aliphatic carbocycles. The molecular weight excluding hydrogens is 604 g/mol. The van der Waals surface area contributed by atoms with Crippen molar-refractivity contribution in [3.8, 4) is 0 Å². The Morgan fingerprint density at radius 3 is 2.00 bits per heavy atom. The number of carbonyl (C=O) groups is 1. The van der Waals surface area contributed by atoms with Crippen LogP contribution >= 0.6 is 0 Å². The third-order valence-corrected chi connectivity index (χ3v) is 11.0. The van der Waals surface area contributed by atoms with E-state index in [1.54, 1.807) is 0 Å². The van der Waals surface area contributed by atoms with Gasteiger partial charge in [0.1, 0.15) is 5.54 Å². The maximum absolute atomic E-state index is 14.7. The number of imidazole rings is 1. The average molecular weight is 651 g/mol. The fraction of sp³-hybridized carbons (Fsp3) is 0.302. The molecule has 1 amide bonds. The van der Waals surface area contributed by atoms with Crippen LogP contribution in [-0.2, 0) is 23.2 Å². The number of amides is 1. The molecule has 1 fully saturated rings. The van der Waals surface area contributed by atoms with Crippen LogP contribution in [0.15, 0.2) is 122 Å². The molecule has 1 saturated heterocycles. The summed E-state index contributed by atoms with van der Waals surface area (Å²) in [5, 5.41) is 11.4. The number of rotatable bonds is 11. The van der Waals surface area contributed by atoms with E-state index in [0.29, 0.717) is 19.4 Å². The lowest BCUT2D eigenvalue weighted by Crippen LogP contribution is -2.47. The van der Waals surface area contributed by atoms with Gasteiger partial charge in [-0.05, 0) is 67.9 Å². The summed E-state index contributed by atoms with van der Waals surface area (Å²) in [6.45, 7) is 7.09. The van der Waals surface area contributed by atoms with E-state index >= 15 is 0 Å². The molecule has 0 bridgehead atoms. The van der Waals surface area contributed by atoms with Crippen molar-refractivity contribution in [2.45, 2.75) is 64.5 Å². The summed E-state index contributed by atoms with van der Waals surface area (Å²) in [7, 11) is 0. The summed E-state index contributed by atoms with van der Waals surface area (Å²) >= 11 is 0. The molecule has 4 aromatic carbocycles. The lowest BCUT2D eigenvalue weighted by Gasteiger charge is -2.38. The van der Waals surface area contributed by atoms with Crippen molar-refractivity contribution >= 4 is 16.8 Å². The van der Waals surface area contributed by atoms with Crippen molar-refractivity contribution in [1.82, 2.24) is 19.4 Å². The number of aromatic nitrogens is 3. The van der Waals surface area contributed by atoms with Crippen molar-refractivity contribution < 1.29 is 9.90 Å². The Kier molecular flexibility index (Phi) is 9.00. The molecule has 2 aromatic heterocycles. The lowest BCUT2D eigenvalue weighted by atomic mass is 9.76. The van der Waals surface area contributed by atoms with Crippen LogP contribution in [0.2, 0.25) is 0 Å². The average Bonchev–Trinajstić information content (AvgIpc) is 3.86. The van der Waals surface area contributed by atoms with Crippen LogP contribution in [0.4, 0.5) is 0 Å². The van der Waals surface area contributed by atoms with Crippen LogP contribution < -0.4 is 0 Å². The number of para-hydroxylation sites is 1. The van der Waals surface area contributed by atoms with Gasteiger partial charge in [-0.3, -0.25) is 4.79 Å². The van der Waals surface area contributed by atoms with E-state index < -0.39 is 11.0 Å². The molecule has 1 aliphatic heterocycles. The highest BCUT2D eigenvalue weighted by Gasteiger charge is 2.44. The molecule has 6 nitrogen and oxygen atoms in total. The van der Waals surface area contributed by atoms with Crippen molar-refractivity contribution in [3.05, 3.63) is 161 Å². The maximum Gasteiger partial charge on any atom is 0.229 e. The van der Waals surface area contributed by atoms with Crippen LogP contribution in [0.5, 0.6) is 0 Å². The second-order valence-corrected chi connectivity index (χ2v) is 13.9. The minimum atomic E-state index is -0.736. The highest BCUT2D eigenvalue weighted by Crippen LogP contribution is 2.43. The lowest BCUT2D eigenvalue weighted by molar-refractivity contribution is -0.143. The molecule has 2 N–H and O–H groups in total. The van der Waals surface area contributed by atoms with Crippen molar-refractivity contribution in [3.63, 3.8) is 0 Å². The molecule has 0 unspecified atom stereocenters. The molecule has 0 radical (unpaired) electrons. The Bertz CT molecular complexity index is 1940. The Hall–Kier alpha value is -4.94. The monoisotopic (exact) mass is 650 g/mol. The van der Waals surface area contributed by atoms with Crippen LogP contribution in [0.1, 0.15) is 65.5 Å². The van der Waals surface area contributed by atoms with E-state index in [2.05, 4.69) is 146 Å². The fourth-order valence-corrected chi connectivity index (χ4v) is 8.18. The Morgan fingerprint density at radius 1 is 0.857 bits per heavy atom. The number of hydrogen-bond acceptors (Lipinski definition) is 3. The summed E-state index contributed by atoms with van der Waals surface area (Å²) < 4.78 is 2.31. The Morgan fingerprint density at radius 2 is 1.43 bits per heavy atom. The fourth-order valence-electron chi connectivity index (χ4n) is 8.18. The smallest absolute Gasteiger partial charge is 0.229 e. The van der Waals surface area contributed by atoms with Gasteiger partial charge in [-0.2, -0.15) is 0 Å². The first-order chi connectivity index (χ1) is 23.9. The third-order valence-electron chi connectivity index (χ3n) is 11.0. The second kappa shape index (κ2) is 13.5. The predicted octanol–water partition coefficient (Wildman–Crippen LogP) is 7.99. The standard InChI is InChI=1S/C43H46N4O2/c1-31-37-23-13-14-24-39(37)45-38(31)25-26-42(3,41(49)46-27-15-22-36(46)29-48)28-40-32(2)47(30-44-40)43(33-16-7-4-8-17-33,34-18-9-5-10-19-34)35-20-11-6-12-21-35/h4-14,16-21,23-24,30,36,45,48H,15,22,25-29H2,1-3H3/t36-,42-/m0/s1. The van der Waals surface area contributed by atoms with Crippen molar-refractivity contribution in [2.24, 2.45) is 5.41 Å². The predicted molar refractivity (Wildman–Crippen MR) is 197 cm³/mol. The first kappa shape index (κ1) is 32.6. The van der Waals surface area contributed by atoms with E-state index in [4.69, 9.17) is 4.98 Å². The number of nitrogens with zero attached hydrogens (tertiary/aromatic N) is 3. The van der Waals surface area contributed by atoms with Crippen LogP contribution in [0, 0.1) is 19.3 Å². The van der Waals surface area contributed by atoms with Gasteiger partial charge in [0.05, 0.1) is 30.1 Å². The third kappa shape index (κ3) is 5.78. The minimum Gasteiger partial charge on any atom is -0.394 e. The summed E-state index contributed by atoms with van der Waals surface area (Å²) in [5.74, 6) is 0.104. The van der Waals surface area contributed by atoms with E-state index in [1.807, 2.05) is 11.2 Å². The van der Waals surface area contributed by atoms with E-state index in [0.717, 1.165) is 52.9 Å². The SMILES string of the molecule is Cc1c(CC[C@@](C)(Cc2ncn(C(c3ccccc3)(c3ccccc3)c3ccccc3)c2C)C(=O)N2CCC[C@H]2CO)[nH]c2ccccc12. The number of aliphatic hydroxyl groups is 1. The number of H-pyrrole nitrogens is 1. The van der Waals surface area contributed by atoms with E-state index in [-0.39, 0.29) is 18.6 Å². The number of aryl methyl sites for hydroxylation is 2. The largest absolute Gasteiger partial charge is 0.394 e. The van der Waals surface area contributed by atoms with Gasteiger partial charge in [0.25, 0.3) is 0 Å². The maximum atomic E-state index is 14.7. The van der Waals surface area contributed by atoms with Crippen LogP contribution in [-0.4, -0.2) is 49.6 Å². The molecule has 250 valence electrons. The molecule has 6 heteroatoms. The number of nitrogens with one attached hydrogen (secondary N) is 1. The molecular formula is C43H46N4O2. The number of aromatic amines is 1. The quantitative estimate of drug-likeness (QED) is 0.140. The first-order valence-electron chi connectivity index (χ1n) is 17.5. The van der Waals surface area contributed by atoms with Gasteiger partial charge >= 0.3 is 0 Å². The Balaban J connectivity index is 1.33. The molecule has 6 aromatic rings. The molecule has 7 rings (SSSR count). The number of fused-ring (bicyclic) bond motifs is 1. The summed E-state index contributed by atoms with van der Waals surface area (Å²) in [6, 6.07) is 40.1. The first-order valence-corrected chi connectivity index (χ1v) is 17.5. The minimum absolute atomic E-state index is 0.00958. The van der Waals surface area contributed by atoms with Crippen molar-refractivity contribution in [1.29, 1.82) is 0 Å². The van der Waals surface area contributed by atoms with Gasteiger partial charge < -0.3 is 19.6 Å². The van der Waals surface area contributed by atoms with E-state index in [1.165, 1.54) is 16.6 Å². The zero-order valence-electron chi connectivity index (χ0n) is 28.8. The summed E-state index contributed by atoms with van der Waals surface area (Å²) in [5.41, 5.74) is 7.45. The number of benzene rings is 4. The molecule has 2 atom stereocenters. The highest BCUT2D eigenvalue weighted by molar-refractivity contribution is 5.85. The summed E-state index contributed by atoms with van der Waals surface area (Å²) in [4.78, 5) is 25.4. The van der Waals surface area contributed by atoms with E-state index in [9.17, 15) is 9.90 Å². The van der Waals surface area contributed by atoms with Gasteiger partial charge in [0.15, 0.2) is 0 Å². The van der Waals surface area contributed by atoms with Gasteiger partial charge in [0.2, 0.25) is 5.91 Å². The zero-order valence-corrected chi connectivity index (χ0v) is 28.8. The number of hydrogen-bond donors (Lipinski definition) is 2. The van der Waals surface area contributed by atoms with Crippen LogP contribution in [0.3, 0.4) is 0 Å². The Labute approximate surface area is 289 Å².